The van der Waals surface area contributed by atoms with Crippen molar-refractivity contribution >= 4 is 22.9 Å². The molecule has 2 rings (SSSR count). The van der Waals surface area contributed by atoms with Gasteiger partial charge in [0.05, 0.1) is 0 Å². The number of aromatic amines is 1. The molecule has 1 N–H and O–H groups in total. The van der Waals surface area contributed by atoms with E-state index in [9.17, 15) is 9.59 Å². The summed E-state index contributed by atoms with van der Waals surface area (Å²) in [7, 11) is 1.60. The predicted molar refractivity (Wildman–Crippen MR) is 81.4 cm³/mol. The number of allylic oxidation sites excluding steroid dienone is 1. The van der Waals surface area contributed by atoms with Crippen LogP contribution in [0.3, 0.4) is 0 Å². The molecule has 7 heteroatoms. The Labute approximate surface area is 120 Å². The van der Waals surface area contributed by atoms with E-state index in [1.807, 2.05) is 0 Å². The minimum absolute atomic E-state index is 0.408. The van der Waals surface area contributed by atoms with Crippen molar-refractivity contribution in [3.63, 3.8) is 0 Å². The highest BCUT2D eigenvalue weighted by atomic mass is 32.2. The fourth-order valence-corrected chi connectivity index (χ4v) is 2.82. The second-order valence-electron chi connectivity index (χ2n) is 4.99. The van der Waals surface area contributed by atoms with Gasteiger partial charge >= 0.3 is 5.69 Å². The van der Waals surface area contributed by atoms with Crippen molar-refractivity contribution in [2.24, 2.45) is 13.0 Å². The standard InChI is InChI=1S/C13H18N4O2S/c1-5-6-17-9-10(14-13(17)20-7-8(2)3)16(4)12(19)15-11(9)18/h5,8H,1,6-7H2,2-4H3,(H,15,18,19). The SMILES string of the molecule is C=CCn1c(SCC(C)C)nc2c1c(=O)[nH]c(=O)n2C. The maximum atomic E-state index is 12.0. The summed E-state index contributed by atoms with van der Waals surface area (Å²) in [6.45, 7) is 8.44. The van der Waals surface area contributed by atoms with E-state index in [0.717, 1.165) is 10.9 Å². The van der Waals surface area contributed by atoms with Crippen LogP contribution in [-0.4, -0.2) is 24.9 Å². The van der Waals surface area contributed by atoms with Crippen molar-refractivity contribution in [3.8, 4) is 0 Å². The van der Waals surface area contributed by atoms with E-state index in [2.05, 4.69) is 30.4 Å². The Balaban J connectivity index is 2.69. The fraction of sp³-hybridized carbons (Fsp3) is 0.462. The van der Waals surface area contributed by atoms with E-state index in [0.29, 0.717) is 23.6 Å². The third kappa shape index (κ3) is 2.58. The molecule has 20 heavy (non-hydrogen) atoms. The molecule has 2 aromatic heterocycles. The molecular formula is C13H18N4O2S. The number of H-pyrrole nitrogens is 1. The molecule has 0 bridgehead atoms. The zero-order valence-corrected chi connectivity index (χ0v) is 12.7. The first-order valence-corrected chi connectivity index (χ1v) is 7.37. The Bertz CT molecular complexity index is 754. The van der Waals surface area contributed by atoms with Gasteiger partial charge in [-0.05, 0) is 5.92 Å². The number of aromatic nitrogens is 4. The molecule has 0 spiro atoms. The molecule has 0 saturated carbocycles. The summed E-state index contributed by atoms with van der Waals surface area (Å²) in [5.74, 6) is 1.41. The third-order valence-corrected chi connectivity index (χ3v) is 4.23. The average Bonchev–Trinajstić information content (AvgIpc) is 2.74. The fourth-order valence-electron chi connectivity index (χ4n) is 1.86. The first-order valence-electron chi connectivity index (χ1n) is 6.39. The number of rotatable bonds is 5. The molecule has 0 aromatic carbocycles. The third-order valence-electron chi connectivity index (χ3n) is 2.83. The maximum Gasteiger partial charge on any atom is 0.329 e. The van der Waals surface area contributed by atoms with Crippen LogP contribution in [0.4, 0.5) is 0 Å². The molecule has 2 aromatic rings. The number of nitrogens with one attached hydrogen (secondary N) is 1. The second-order valence-corrected chi connectivity index (χ2v) is 5.98. The van der Waals surface area contributed by atoms with Crippen molar-refractivity contribution in [2.45, 2.75) is 25.5 Å². The molecule has 0 saturated heterocycles. The molecule has 108 valence electrons. The second kappa shape index (κ2) is 5.70. The lowest BCUT2D eigenvalue weighted by Gasteiger charge is -2.06. The highest BCUT2D eigenvalue weighted by Gasteiger charge is 2.16. The van der Waals surface area contributed by atoms with Crippen molar-refractivity contribution in [2.75, 3.05) is 5.75 Å². The van der Waals surface area contributed by atoms with Crippen LogP contribution >= 0.6 is 11.8 Å². The molecule has 6 nitrogen and oxygen atoms in total. The van der Waals surface area contributed by atoms with Gasteiger partial charge < -0.3 is 4.57 Å². The Morgan fingerprint density at radius 2 is 2.15 bits per heavy atom. The van der Waals surface area contributed by atoms with Crippen molar-refractivity contribution in [1.29, 1.82) is 0 Å². The van der Waals surface area contributed by atoms with Gasteiger partial charge in [-0.15, -0.1) is 6.58 Å². The number of nitrogens with zero attached hydrogens (tertiary/aromatic N) is 3. The summed E-state index contributed by atoms with van der Waals surface area (Å²) in [5.41, 5.74) is -0.0369. The quantitative estimate of drug-likeness (QED) is 0.667. The van der Waals surface area contributed by atoms with Gasteiger partial charge in [-0.3, -0.25) is 14.3 Å². The minimum Gasteiger partial charge on any atom is -0.309 e. The largest absolute Gasteiger partial charge is 0.329 e. The normalized spacial score (nSPS) is 11.4. The molecule has 0 amide bonds. The first-order chi connectivity index (χ1) is 9.45. The van der Waals surface area contributed by atoms with Crippen molar-refractivity contribution in [3.05, 3.63) is 33.5 Å². The van der Waals surface area contributed by atoms with Gasteiger partial charge in [0.15, 0.2) is 16.3 Å². The van der Waals surface area contributed by atoms with E-state index >= 15 is 0 Å². The summed E-state index contributed by atoms with van der Waals surface area (Å²) in [6, 6.07) is 0. The molecule has 0 fully saturated rings. The Morgan fingerprint density at radius 3 is 2.75 bits per heavy atom. The number of hydrogen-bond donors (Lipinski definition) is 1. The Morgan fingerprint density at radius 1 is 1.45 bits per heavy atom. The maximum absolute atomic E-state index is 12.0. The Kier molecular flexibility index (Phi) is 4.17. The van der Waals surface area contributed by atoms with E-state index in [1.165, 1.54) is 4.57 Å². The number of imidazole rings is 1. The highest BCUT2D eigenvalue weighted by molar-refractivity contribution is 7.99. The van der Waals surface area contributed by atoms with Crippen molar-refractivity contribution in [1.82, 2.24) is 19.1 Å². The minimum atomic E-state index is -0.453. The number of hydrogen-bond acceptors (Lipinski definition) is 4. The van der Waals surface area contributed by atoms with E-state index < -0.39 is 11.2 Å². The van der Waals surface area contributed by atoms with Crippen LogP contribution in [0.25, 0.3) is 11.2 Å². The average molecular weight is 294 g/mol. The van der Waals surface area contributed by atoms with Gasteiger partial charge in [-0.2, -0.15) is 0 Å². The molecule has 0 aliphatic rings. The summed E-state index contributed by atoms with van der Waals surface area (Å²) in [5, 5.41) is 0.736. The summed E-state index contributed by atoms with van der Waals surface area (Å²) >= 11 is 1.58. The molecular weight excluding hydrogens is 276 g/mol. The van der Waals surface area contributed by atoms with Gasteiger partial charge in [-0.25, -0.2) is 9.78 Å². The number of fused-ring (bicyclic) bond motifs is 1. The molecule has 0 atom stereocenters. The van der Waals surface area contributed by atoms with Crippen LogP contribution in [0.1, 0.15) is 13.8 Å². The zero-order chi connectivity index (χ0) is 14.9. The lowest BCUT2D eigenvalue weighted by Crippen LogP contribution is -2.29. The molecule has 0 aliphatic carbocycles. The van der Waals surface area contributed by atoms with Gasteiger partial charge in [-0.1, -0.05) is 31.7 Å². The van der Waals surface area contributed by atoms with E-state index in [-0.39, 0.29) is 0 Å². The van der Waals surface area contributed by atoms with Crippen LogP contribution in [-0.2, 0) is 13.6 Å². The van der Waals surface area contributed by atoms with Crippen LogP contribution in [0, 0.1) is 5.92 Å². The van der Waals surface area contributed by atoms with Crippen LogP contribution < -0.4 is 11.2 Å². The molecule has 2 heterocycles. The number of aryl methyl sites for hydroxylation is 1. The summed E-state index contributed by atoms with van der Waals surface area (Å²) in [4.78, 5) is 30.4. The zero-order valence-electron chi connectivity index (χ0n) is 11.8. The number of thioether (sulfide) groups is 1. The predicted octanol–water partition coefficient (Wildman–Crippen LogP) is 1.36. The van der Waals surface area contributed by atoms with Crippen molar-refractivity contribution < 1.29 is 0 Å². The lowest BCUT2D eigenvalue weighted by atomic mass is 10.3. The van der Waals surface area contributed by atoms with Gasteiger partial charge in [0.2, 0.25) is 0 Å². The first kappa shape index (κ1) is 14.6. The lowest BCUT2D eigenvalue weighted by molar-refractivity contribution is 0.725. The smallest absolute Gasteiger partial charge is 0.309 e. The van der Waals surface area contributed by atoms with E-state index in [1.54, 1.807) is 29.5 Å². The van der Waals surface area contributed by atoms with Crippen LogP contribution in [0.2, 0.25) is 0 Å². The highest BCUT2D eigenvalue weighted by Crippen LogP contribution is 2.23. The summed E-state index contributed by atoms with van der Waals surface area (Å²) in [6.07, 6.45) is 1.71. The molecule has 0 radical (unpaired) electrons. The topological polar surface area (TPSA) is 72.7 Å². The summed E-state index contributed by atoms with van der Waals surface area (Å²) < 4.78 is 3.16. The van der Waals surface area contributed by atoms with Gasteiger partial charge in [0, 0.05) is 19.3 Å². The Hall–Kier alpha value is -1.76. The van der Waals surface area contributed by atoms with Gasteiger partial charge in [0.25, 0.3) is 5.56 Å². The monoisotopic (exact) mass is 294 g/mol. The molecule has 0 aliphatic heterocycles. The van der Waals surface area contributed by atoms with Gasteiger partial charge in [0.1, 0.15) is 0 Å². The van der Waals surface area contributed by atoms with E-state index in [4.69, 9.17) is 0 Å². The molecule has 0 unspecified atom stereocenters. The van der Waals surface area contributed by atoms with Crippen LogP contribution in [0.5, 0.6) is 0 Å². The van der Waals surface area contributed by atoms with Crippen LogP contribution in [0.15, 0.2) is 27.4 Å².